The van der Waals surface area contributed by atoms with Gasteiger partial charge in [0.2, 0.25) is 0 Å². The predicted octanol–water partition coefficient (Wildman–Crippen LogP) is 2.83. The van der Waals surface area contributed by atoms with E-state index in [0.29, 0.717) is 6.42 Å². The molecule has 0 atom stereocenters. The van der Waals surface area contributed by atoms with E-state index in [4.69, 9.17) is 4.98 Å². The number of unbranched alkanes of at least 4 members (excludes halogenated alkanes) is 1. The number of imidazole rings is 1. The molecule has 0 aliphatic heterocycles. The molecule has 0 amide bonds. The first-order valence-corrected chi connectivity index (χ1v) is 9.88. The Morgan fingerprint density at radius 2 is 1.95 bits per heavy atom. The summed E-state index contributed by atoms with van der Waals surface area (Å²) in [6.07, 6.45) is 6.63. The average Bonchev–Trinajstić information content (AvgIpc) is 2.77. The van der Waals surface area contributed by atoms with Gasteiger partial charge in [-0.3, -0.25) is 4.98 Å². The number of pyridine rings is 1. The van der Waals surface area contributed by atoms with Crippen LogP contribution in [0, 0.1) is 13.8 Å². The normalized spacial score (nSPS) is 12.2. The molecule has 0 aliphatic rings. The van der Waals surface area contributed by atoms with Crippen LogP contribution < -0.4 is 0 Å². The minimum absolute atomic E-state index is 0.252. The van der Waals surface area contributed by atoms with Crippen LogP contribution >= 0.6 is 0 Å². The maximum Gasteiger partial charge on any atom is 0.147 e. The van der Waals surface area contributed by atoms with Crippen LogP contribution in [0.1, 0.15) is 43.3 Å². The Morgan fingerprint density at radius 1 is 1.23 bits per heavy atom. The summed E-state index contributed by atoms with van der Waals surface area (Å²) in [5.41, 5.74) is 4.27. The van der Waals surface area contributed by atoms with Crippen molar-refractivity contribution in [3.05, 3.63) is 23.3 Å². The van der Waals surface area contributed by atoms with Crippen LogP contribution in [0.15, 0.2) is 6.20 Å². The molecule has 0 fully saturated rings. The van der Waals surface area contributed by atoms with Gasteiger partial charge < -0.3 is 4.57 Å². The monoisotopic (exact) mass is 323 g/mol. The van der Waals surface area contributed by atoms with Gasteiger partial charge in [0.25, 0.3) is 0 Å². The maximum atomic E-state index is 11.2. The third-order valence-electron chi connectivity index (χ3n) is 3.97. The Morgan fingerprint density at radius 3 is 2.59 bits per heavy atom. The van der Waals surface area contributed by atoms with E-state index in [1.165, 1.54) is 6.26 Å². The molecular formula is C16H25N3O2S. The van der Waals surface area contributed by atoms with E-state index < -0.39 is 9.84 Å². The first-order chi connectivity index (χ1) is 10.3. The summed E-state index contributed by atoms with van der Waals surface area (Å²) in [4.78, 5) is 9.11. The average molecular weight is 323 g/mol. The first-order valence-electron chi connectivity index (χ1n) is 7.82. The third-order valence-corrected chi connectivity index (χ3v) is 5.00. The second kappa shape index (κ2) is 6.77. The fourth-order valence-corrected chi connectivity index (χ4v) is 3.45. The first kappa shape index (κ1) is 16.9. The zero-order valence-corrected chi connectivity index (χ0v) is 14.7. The largest absolute Gasteiger partial charge is 0.328 e. The van der Waals surface area contributed by atoms with Gasteiger partial charge in [-0.2, -0.15) is 0 Å². The van der Waals surface area contributed by atoms with Crippen LogP contribution in [0.25, 0.3) is 11.0 Å². The molecule has 0 radical (unpaired) electrons. The lowest BCUT2D eigenvalue weighted by molar-refractivity contribution is 0.583. The van der Waals surface area contributed by atoms with Gasteiger partial charge in [0.05, 0.1) is 11.7 Å². The lowest BCUT2D eigenvalue weighted by atomic mass is 10.2. The lowest BCUT2D eigenvalue weighted by Gasteiger charge is -2.10. The molecule has 2 heterocycles. The topological polar surface area (TPSA) is 64.8 Å². The van der Waals surface area contributed by atoms with Crippen LogP contribution in [-0.4, -0.2) is 35.0 Å². The molecule has 2 rings (SSSR count). The van der Waals surface area contributed by atoms with Crippen molar-refractivity contribution in [2.24, 2.45) is 0 Å². The third kappa shape index (κ3) is 3.85. The van der Waals surface area contributed by atoms with E-state index in [0.717, 1.165) is 53.9 Å². The Bertz CT molecular complexity index is 763. The molecule has 0 unspecified atom stereocenters. The Kier molecular flexibility index (Phi) is 5.21. The molecule has 0 aliphatic carbocycles. The van der Waals surface area contributed by atoms with Gasteiger partial charge in [0.1, 0.15) is 21.2 Å². The van der Waals surface area contributed by atoms with Crippen molar-refractivity contribution in [2.75, 3.05) is 12.0 Å². The van der Waals surface area contributed by atoms with Crippen LogP contribution in [-0.2, 0) is 22.8 Å². The Balaban J connectivity index is 2.29. The van der Waals surface area contributed by atoms with Gasteiger partial charge in [-0.25, -0.2) is 13.4 Å². The van der Waals surface area contributed by atoms with Gasteiger partial charge >= 0.3 is 0 Å². The number of sulfone groups is 1. The minimum Gasteiger partial charge on any atom is -0.328 e. The number of aromatic nitrogens is 3. The molecule has 0 N–H and O–H groups in total. The van der Waals surface area contributed by atoms with E-state index in [-0.39, 0.29) is 5.75 Å². The van der Waals surface area contributed by atoms with Crippen molar-refractivity contribution in [1.29, 1.82) is 0 Å². The number of rotatable bonds is 7. The fraction of sp³-hybridized carbons (Fsp3) is 0.625. The summed E-state index contributed by atoms with van der Waals surface area (Å²) >= 11 is 0. The number of hydrogen-bond donors (Lipinski definition) is 0. The van der Waals surface area contributed by atoms with E-state index in [1.807, 2.05) is 13.1 Å². The fourth-order valence-electron chi connectivity index (χ4n) is 2.72. The van der Waals surface area contributed by atoms with Crippen LogP contribution in [0.4, 0.5) is 0 Å². The second-order valence-electron chi connectivity index (χ2n) is 5.97. The zero-order chi connectivity index (χ0) is 16.3. The standard InChI is InChI=1S/C16H25N3O2S/c1-5-8-15-18-14-11-17-13(3)12(2)16(14)19(15)9-6-7-10-22(4,20)21/h11H,5-10H2,1-4H3. The molecule has 0 saturated heterocycles. The summed E-state index contributed by atoms with van der Waals surface area (Å²) < 4.78 is 24.7. The van der Waals surface area contributed by atoms with E-state index in [9.17, 15) is 8.42 Å². The van der Waals surface area contributed by atoms with E-state index in [1.54, 1.807) is 0 Å². The van der Waals surface area contributed by atoms with Crippen molar-refractivity contribution in [2.45, 2.75) is 53.0 Å². The van der Waals surface area contributed by atoms with Gasteiger partial charge in [0.15, 0.2) is 0 Å². The Labute approximate surface area is 132 Å². The van der Waals surface area contributed by atoms with E-state index in [2.05, 4.69) is 23.4 Å². The molecule has 122 valence electrons. The molecule has 6 heteroatoms. The highest BCUT2D eigenvalue weighted by Gasteiger charge is 2.14. The molecule has 5 nitrogen and oxygen atoms in total. The number of fused-ring (bicyclic) bond motifs is 1. The van der Waals surface area contributed by atoms with Crippen LogP contribution in [0.5, 0.6) is 0 Å². The second-order valence-corrected chi connectivity index (χ2v) is 8.23. The smallest absolute Gasteiger partial charge is 0.147 e. The molecular weight excluding hydrogens is 298 g/mol. The van der Waals surface area contributed by atoms with Gasteiger partial charge in [-0.1, -0.05) is 6.92 Å². The molecule has 2 aromatic heterocycles. The summed E-state index contributed by atoms with van der Waals surface area (Å²) in [5.74, 6) is 1.33. The summed E-state index contributed by atoms with van der Waals surface area (Å²) in [7, 11) is -2.88. The predicted molar refractivity (Wildman–Crippen MR) is 89.9 cm³/mol. The van der Waals surface area contributed by atoms with Gasteiger partial charge in [0, 0.05) is 30.7 Å². The number of hydrogen-bond acceptors (Lipinski definition) is 4. The molecule has 2 aromatic rings. The number of aryl methyl sites for hydroxylation is 4. The van der Waals surface area contributed by atoms with Crippen molar-refractivity contribution in [3.8, 4) is 0 Å². The summed E-state index contributed by atoms with van der Waals surface area (Å²) in [6.45, 7) is 7.04. The quantitative estimate of drug-likeness (QED) is 0.735. The SMILES string of the molecule is CCCc1nc2cnc(C)c(C)c2n1CCCCS(C)(=O)=O. The summed E-state index contributed by atoms with van der Waals surface area (Å²) in [5, 5.41) is 0. The molecule has 0 bridgehead atoms. The maximum absolute atomic E-state index is 11.2. The van der Waals surface area contributed by atoms with Crippen LogP contribution in [0.2, 0.25) is 0 Å². The highest BCUT2D eigenvalue weighted by atomic mass is 32.2. The molecule has 22 heavy (non-hydrogen) atoms. The van der Waals surface area contributed by atoms with Crippen molar-refractivity contribution >= 4 is 20.9 Å². The highest BCUT2D eigenvalue weighted by Crippen LogP contribution is 2.22. The van der Waals surface area contributed by atoms with Gasteiger partial charge in [-0.15, -0.1) is 0 Å². The lowest BCUT2D eigenvalue weighted by Crippen LogP contribution is -2.08. The van der Waals surface area contributed by atoms with Crippen LogP contribution in [0.3, 0.4) is 0 Å². The van der Waals surface area contributed by atoms with Crippen molar-refractivity contribution in [1.82, 2.24) is 14.5 Å². The minimum atomic E-state index is -2.88. The Hall–Kier alpha value is -1.43. The zero-order valence-electron chi connectivity index (χ0n) is 13.9. The molecule has 0 saturated carbocycles. The molecule has 0 spiro atoms. The summed E-state index contributed by atoms with van der Waals surface area (Å²) in [6, 6.07) is 0. The van der Waals surface area contributed by atoms with Crippen molar-refractivity contribution in [3.63, 3.8) is 0 Å². The number of nitrogens with zero attached hydrogens (tertiary/aromatic N) is 3. The molecule has 0 aromatic carbocycles. The van der Waals surface area contributed by atoms with Crippen molar-refractivity contribution < 1.29 is 8.42 Å². The van der Waals surface area contributed by atoms with Gasteiger partial charge in [-0.05, 0) is 38.7 Å². The van der Waals surface area contributed by atoms with E-state index >= 15 is 0 Å². The highest BCUT2D eigenvalue weighted by molar-refractivity contribution is 7.90.